The smallest absolute Gasteiger partial charge is 0.342 e. The third-order valence-corrected chi connectivity index (χ3v) is 5.66. The predicted octanol–water partition coefficient (Wildman–Crippen LogP) is 4.40. The summed E-state index contributed by atoms with van der Waals surface area (Å²) in [6.07, 6.45) is 5.19. The number of benzene rings is 3. The van der Waals surface area contributed by atoms with Gasteiger partial charge in [0.15, 0.2) is 29.4 Å². The molecule has 0 spiro atoms. The van der Waals surface area contributed by atoms with Gasteiger partial charge in [-0.15, -0.1) is 0 Å². The summed E-state index contributed by atoms with van der Waals surface area (Å²) in [6, 6.07) is 15.4. The third-order valence-electron chi connectivity index (χ3n) is 5.66. The Bertz CT molecular complexity index is 1480. The Morgan fingerprint density at radius 3 is 2.15 bits per heavy atom. The number of carbonyl (C=O) groups is 5. The molecule has 40 heavy (non-hydrogen) atoms. The number of methoxy groups -OCH3 is 2. The average molecular weight is 543 g/mol. The molecule has 204 valence electrons. The molecular formula is C31H26O9. The molecule has 0 bridgehead atoms. The highest BCUT2D eigenvalue weighted by atomic mass is 16.5. The molecule has 0 radical (unpaired) electrons. The summed E-state index contributed by atoms with van der Waals surface area (Å²) in [7, 11) is 2.80. The SMILES string of the molecule is COc1cc(C=CC(=O)CC(=O)C=Cc2cccc(OC)c2C(=O)OCc2ccc(C(=O)C=O)cc2)ccc1O. The van der Waals surface area contributed by atoms with Gasteiger partial charge in [-0.25, -0.2) is 4.79 Å². The second-order valence-corrected chi connectivity index (χ2v) is 8.39. The summed E-state index contributed by atoms with van der Waals surface area (Å²) >= 11 is 0. The normalized spacial score (nSPS) is 10.8. The van der Waals surface area contributed by atoms with Crippen LogP contribution in [0.5, 0.6) is 17.2 Å². The number of rotatable bonds is 13. The summed E-state index contributed by atoms with van der Waals surface area (Å²) in [5, 5.41) is 9.66. The molecule has 0 saturated carbocycles. The molecule has 1 N–H and O–H groups in total. The van der Waals surface area contributed by atoms with Crippen LogP contribution < -0.4 is 9.47 Å². The fourth-order valence-corrected chi connectivity index (χ4v) is 3.59. The van der Waals surface area contributed by atoms with E-state index in [9.17, 15) is 29.1 Å². The number of carbonyl (C=O) groups excluding carboxylic acids is 5. The Morgan fingerprint density at radius 2 is 1.50 bits per heavy atom. The van der Waals surface area contributed by atoms with Crippen LogP contribution in [-0.2, 0) is 25.7 Å². The van der Waals surface area contributed by atoms with Crippen molar-refractivity contribution in [3.8, 4) is 17.2 Å². The summed E-state index contributed by atoms with van der Waals surface area (Å²) in [5.74, 6) is -1.83. The van der Waals surface area contributed by atoms with Gasteiger partial charge in [0.25, 0.3) is 0 Å². The lowest BCUT2D eigenvalue weighted by Crippen LogP contribution is -2.10. The molecule has 0 aliphatic heterocycles. The standard InChI is InChI=1S/C31H26O9/c1-38-28-5-3-4-23(30(28)31(37)40-19-21-6-10-22(11-7-21)27(36)18-32)12-14-25(34)17-24(33)13-8-20-9-15-26(35)29(16-20)39-2/h3-16,18,35H,17,19H2,1-2H3. The van der Waals surface area contributed by atoms with Gasteiger partial charge in [-0.2, -0.15) is 0 Å². The zero-order chi connectivity index (χ0) is 29.1. The number of phenols is 1. The van der Waals surface area contributed by atoms with Crippen LogP contribution in [0.15, 0.2) is 72.8 Å². The van der Waals surface area contributed by atoms with Crippen molar-refractivity contribution < 1.29 is 43.3 Å². The van der Waals surface area contributed by atoms with Crippen LogP contribution in [0, 0.1) is 0 Å². The van der Waals surface area contributed by atoms with Gasteiger partial charge in [-0.1, -0.05) is 54.6 Å². The van der Waals surface area contributed by atoms with Crippen molar-refractivity contribution in [2.45, 2.75) is 13.0 Å². The molecular weight excluding hydrogens is 516 g/mol. The molecule has 0 fully saturated rings. The fraction of sp³-hybridized carbons (Fsp3) is 0.129. The van der Waals surface area contributed by atoms with Crippen LogP contribution in [-0.4, -0.2) is 48.9 Å². The molecule has 3 aromatic rings. The quantitative estimate of drug-likeness (QED) is 0.0833. The van der Waals surface area contributed by atoms with Crippen LogP contribution in [0.2, 0.25) is 0 Å². The van der Waals surface area contributed by atoms with Crippen molar-refractivity contribution in [1.82, 2.24) is 0 Å². The fourth-order valence-electron chi connectivity index (χ4n) is 3.59. The van der Waals surface area contributed by atoms with Gasteiger partial charge in [-0.3, -0.25) is 19.2 Å². The minimum atomic E-state index is -0.707. The van der Waals surface area contributed by atoms with Crippen molar-refractivity contribution in [2.24, 2.45) is 0 Å². The van der Waals surface area contributed by atoms with Gasteiger partial charge in [0.2, 0.25) is 5.78 Å². The van der Waals surface area contributed by atoms with E-state index in [1.807, 2.05) is 0 Å². The van der Waals surface area contributed by atoms with E-state index in [1.54, 1.807) is 42.5 Å². The maximum absolute atomic E-state index is 12.9. The zero-order valence-corrected chi connectivity index (χ0v) is 21.8. The Kier molecular flexibility index (Phi) is 10.2. The number of hydrogen-bond acceptors (Lipinski definition) is 9. The predicted molar refractivity (Wildman–Crippen MR) is 146 cm³/mol. The molecule has 3 rings (SSSR count). The zero-order valence-electron chi connectivity index (χ0n) is 21.8. The van der Waals surface area contributed by atoms with Gasteiger partial charge in [0.1, 0.15) is 17.9 Å². The van der Waals surface area contributed by atoms with E-state index in [-0.39, 0.29) is 41.3 Å². The molecule has 0 unspecified atom stereocenters. The molecule has 9 nitrogen and oxygen atoms in total. The largest absolute Gasteiger partial charge is 0.504 e. The number of ether oxygens (including phenoxy) is 3. The summed E-state index contributed by atoms with van der Waals surface area (Å²) in [6.45, 7) is -0.109. The lowest BCUT2D eigenvalue weighted by atomic mass is 10.0. The van der Waals surface area contributed by atoms with E-state index in [1.165, 1.54) is 56.7 Å². The first kappa shape index (κ1) is 29.2. The number of hydrogen-bond donors (Lipinski definition) is 1. The minimum Gasteiger partial charge on any atom is -0.504 e. The van der Waals surface area contributed by atoms with Crippen LogP contribution in [0.25, 0.3) is 12.2 Å². The van der Waals surface area contributed by atoms with Crippen molar-refractivity contribution in [3.05, 3.63) is 101 Å². The monoisotopic (exact) mass is 542 g/mol. The van der Waals surface area contributed by atoms with Crippen molar-refractivity contribution >= 4 is 41.8 Å². The Hall–Kier alpha value is -5.31. The number of aldehydes is 1. The second kappa shape index (κ2) is 14.0. The van der Waals surface area contributed by atoms with Gasteiger partial charge >= 0.3 is 5.97 Å². The molecule has 0 heterocycles. The maximum Gasteiger partial charge on any atom is 0.342 e. The number of phenolic OH excluding ortho intramolecular Hbond substituents is 1. The van der Waals surface area contributed by atoms with Crippen LogP contribution >= 0.6 is 0 Å². The van der Waals surface area contributed by atoms with E-state index in [0.29, 0.717) is 16.7 Å². The lowest BCUT2D eigenvalue weighted by molar-refractivity contribution is -0.121. The Morgan fingerprint density at radius 1 is 0.825 bits per heavy atom. The van der Waals surface area contributed by atoms with E-state index in [0.717, 1.165) is 0 Å². The van der Waals surface area contributed by atoms with Gasteiger partial charge < -0.3 is 19.3 Å². The van der Waals surface area contributed by atoms with Gasteiger partial charge in [0, 0.05) is 5.56 Å². The van der Waals surface area contributed by atoms with Crippen LogP contribution in [0.3, 0.4) is 0 Å². The number of aromatic hydroxyl groups is 1. The second-order valence-electron chi connectivity index (χ2n) is 8.39. The van der Waals surface area contributed by atoms with Crippen molar-refractivity contribution in [1.29, 1.82) is 0 Å². The van der Waals surface area contributed by atoms with Crippen molar-refractivity contribution in [2.75, 3.05) is 14.2 Å². The molecule has 0 aliphatic rings. The molecule has 0 aliphatic carbocycles. The average Bonchev–Trinajstić information content (AvgIpc) is 2.97. The van der Waals surface area contributed by atoms with Crippen LogP contribution in [0.1, 0.15) is 43.8 Å². The third kappa shape index (κ3) is 7.84. The topological polar surface area (TPSA) is 133 Å². The van der Waals surface area contributed by atoms with Gasteiger partial charge in [0.05, 0.1) is 20.6 Å². The van der Waals surface area contributed by atoms with E-state index in [2.05, 4.69) is 0 Å². The summed E-state index contributed by atoms with van der Waals surface area (Å²) in [5.41, 5.74) is 1.87. The summed E-state index contributed by atoms with van der Waals surface area (Å²) < 4.78 is 15.7. The highest BCUT2D eigenvalue weighted by Crippen LogP contribution is 2.27. The number of esters is 1. The summed E-state index contributed by atoms with van der Waals surface area (Å²) in [4.78, 5) is 59.7. The highest BCUT2D eigenvalue weighted by Gasteiger charge is 2.18. The van der Waals surface area contributed by atoms with E-state index < -0.39 is 29.7 Å². The molecule has 0 aromatic heterocycles. The number of ketones is 3. The first-order valence-electron chi connectivity index (χ1n) is 12.0. The van der Waals surface area contributed by atoms with Gasteiger partial charge in [-0.05, 0) is 47.0 Å². The molecule has 0 atom stereocenters. The Balaban J connectivity index is 1.67. The molecule has 0 saturated heterocycles. The van der Waals surface area contributed by atoms with E-state index >= 15 is 0 Å². The van der Waals surface area contributed by atoms with Crippen molar-refractivity contribution in [3.63, 3.8) is 0 Å². The number of Topliss-reactive ketones (excluding diaryl/α,β-unsaturated/α-hetero) is 1. The van der Waals surface area contributed by atoms with E-state index in [4.69, 9.17) is 14.2 Å². The first-order valence-corrected chi connectivity index (χ1v) is 12.0. The first-order chi connectivity index (χ1) is 19.2. The minimum absolute atomic E-state index is 0.0329. The Labute approximate surface area is 230 Å². The molecule has 9 heteroatoms. The molecule has 3 aromatic carbocycles. The highest BCUT2D eigenvalue weighted by molar-refractivity contribution is 6.33. The number of allylic oxidation sites excluding steroid dienone is 2. The molecule has 0 amide bonds. The van der Waals surface area contributed by atoms with Crippen LogP contribution in [0.4, 0.5) is 0 Å². The lowest BCUT2D eigenvalue weighted by Gasteiger charge is -2.12. The maximum atomic E-state index is 12.9.